The highest BCUT2D eigenvalue weighted by Gasteiger charge is 2.12. The molecule has 1 rings (SSSR count). The van der Waals surface area contributed by atoms with E-state index < -0.39 is 0 Å². The van der Waals surface area contributed by atoms with E-state index in [9.17, 15) is 0 Å². The van der Waals surface area contributed by atoms with E-state index in [0.29, 0.717) is 5.92 Å². The lowest BCUT2D eigenvalue weighted by Crippen LogP contribution is -2.04. The van der Waals surface area contributed by atoms with Gasteiger partial charge < -0.3 is 4.57 Å². The van der Waals surface area contributed by atoms with Crippen LogP contribution in [0.2, 0.25) is 0 Å². The highest BCUT2D eigenvalue weighted by Crippen LogP contribution is 2.20. The van der Waals surface area contributed by atoms with Crippen LogP contribution in [0.5, 0.6) is 0 Å². The Balaban J connectivity index is 2.96. The minimum Gasteiger partial charge on any atom is -0.306 e. The first kappa shape index (κ1) is 10.6. The molecular formula is C9H17N3S. The zero-order valence-electron chi connectivity index (χ0n) is 8.74. The number of hydrogen-bond donors (Lipinski definition) is 0. The fourth-order valence-corrected chi connectivity index (χ4v) is 2.00. The second-order valence-corrected chi connectivity index (χ2v) is 4.40. The SMILES string of the molecule is CCSc1nnc(C(C)C)n1CC. The lowest BCUT2D eigenvalue weighted by atomic mass is 10.2. The van der Waals surface area contributed by atoms with E-state index in [0.717, 1.165) is 23.3 Å². The van der Waals surface area contributed by atoms with Crippen molar-refractivity contribution in [1.29, 1.82) is 0 Å². The highest BCUT2D eigenvalue weighted by molar-refractivity contribution is 7.99. The maximum absolute atomic E-state index is 4.20. The van der Waals surface area contributed by atoms with Crippen molar-refractivity contribution in [3.63, 3.8) is 0 Å². The second-order valence-electron chi connectivity index (χ2n) is 3.17. The van der Waals surface area contributed by atoms with Crippen LogP contribution in [0.1, 0.15) is 39.4 Å². The third-order valence-electron chi connectivity index (χ3n) is 1.85. The Morgan fingerprint density at radius 1 is 1.31 bits per heavy atom. The van der Waals surface area contributed by atoms with Crippen molar-refractivity contribution in [2.45, 2.75) is 45.3 Å². The maximum atomic E-state index is 4.20. The van der Waals surface area contributed by atoms with E-state index in [1.165, 1.54) is 0 Å². The molecule has 0 amide bonds. The number of thioether (sulfide) groups is 1. The Kier molecular flexibility index (Phi) is 3.78. The van der Waals surface area contributed by atoms with Gasteiger partial charge in [-0.1, -0.05) is 32.5 Å². The first-order chi connectivity index (χ1) is 6.20. The van der Waals surface area contributed by atoms with Gasteiger partial charge in [0.05, 0.1) is 0 Å². The molecule has 3 nitrogen and oxygen atoms in total. The van der Waals surface area contributed by atoms with Crippen LogP contribution in [0, 0.1) is 0 Å². The van der Waals surface area contributed by atoms with Gasteiger partial charge in [-0.3, -0.25) is 0 Å². The van der Waals surface area contributed by atoms with Crippen molar-refractivity contribution in [2.75, 3.05) is 5.75 Å². The molecule has 74 valence electrons. The van der Waals surface area contributed by atoms with Gasteiger partial charge in [-0.15, -0.1) is 10.2 Å². The molecule has 0 saturated heterocycles. The molecule has 0 aromatic carbocycles. The molecule has 0 radical (unpaired) electrons. The zero-order chi connectivity index (χ0) is 9.84. The van der Waals surface area contributed by atoms with Gasteiger partial charge in [0.15, 0.2) is 5.16 Å². The maximum Gasteiger partial charge on any atom is 0.191 e. The molecule has 0 aliphatic rings. The third-order valence-corrected chi connectivity index (χ3v) is 2.70. The first-order valence-electron chi connectivity index (χ1n) is 4.76. The van der Waals surface area contributed by atoms with Gasteiger partial charge in [0, 0.05) is 12.5 Å². The van der Waals surface area contributed by atoms with Crippen molar-refractivity contribution in [3.05, 3.63) is 5.82 Å². The Hall–Kier alpha value is -0.510. The average molecular weight is 199 g/mol. The summed E-state index contributed by atoms with van der Waals surface area (Å²) in [5, 5.41) is 9.42. The molecule has 0 aliphatic heterocycles. The fourth-order valence-electron chi connectivity index (χ4n) is 1.26. The fraction of sp³-hybridized carbons (Fsp3) is 0.778. The molecule has 0 spiro atoms. The lowest BCUT2D eigenvalue weighted by molar-refractivity contribution is 0.613. The molecule has 1 aromatic rings. The molecule has 1 aromatic heterocycles. The molecular weight excluding hydrogens is 182 g/mol. The van der Waals surface area contributed by atoms with E-state index >= 15 is 0 Å². The van der Waals surface area contributed by atoms with Gasteiger partial charge in [0.1, 0.15) is 5.82 Å². The topological polar surface area (TPSA) is 30.7 Å². The summed E-state index contributed by atoms with van der Waals surface area (Å²) in [7, 11) is 0. The van der Waals surface area contributed by atoms with Crippen LogP contribution in [0.3, 0.4) is 0 Å². The highest BCUT2D eigenvalue weighted by atomic mass is 32.2. The van der Waals surface area contributed by atoms with Gasteiger partial charge in [-0.05, 0) is 12.7 Å². The van der Waals surface area contributed by atoms with Crippen molar-refractivity contribution in [1.82, 2.24) is 14.8 Å². The molecule has 0 aliphatic carbocycles. The Labute approximate surface area is 83.9 Å². The summed E-state index contributed by atoms with van der Waals surface area (Å²) in [5.74, 6) is 2.60. The summed E-state index contributed by atoms with van der Waals surface area (Å²) in [5.41, 5.74) is 0. The summed E-state index contributed by atoms with van der Waals surface area (Å²) >= 11 is 1.75. The molecule has 0 N–H and O–H groups in total. The van der Waals surface area contributed by atoms with Crippen LogP contribution < -0.4 is 0 Å². The van der Waals surface area contributed by atoms with Crippen LogP contribution >= 0.6 is 11.8 Å². The molecule has 0 fully saturated rings. The van der Waals surface area contributed by atoms with E-state index in [-0.39, 0.29) is 0 Å². The van der Waals surface area contributed by atoms with Gasteiger partial charge in [0.25, 0.3) is 0 Å². The standard InChI is InChI=1S/C9H17N3S/c1-5-12-8(7(3)4)10-11-9(12)13-6-2/h7H,5-6H2,1-4H3. The summed E-state index contributed by atoms with van der Waals surface area (Å²) in [4.78, 5) is 0. The molecule has 1 heterocycles. The summed E-state index contributed by atoms with van der Waals surface area (Å²) in [6, 6.07) is 0. The van der Waals surface area contributed by atoms with Crippen LogP contribution in [-0.2, 0) is 6.54 Å². The second kappa shape index (κ2) is 4.65. The molecule has 0 saturated carbocycles. The van der Waals surface area contributed by atoms with Crippen molar-refractivity contribution in [3.8, 4) is 0 Å². The minimum absolute atomic E-state index is 0.457. The minimum atomic E-state index is 0.457. The van der Waals surface area contributed by atoms with Gasteiger partial charge in [-0.2, -0.15) is 0 Å². The number of nitrogens with zero attached hydrogens (tertiary/aromatic N) is 3. The number of aromatic nitrogens is 3. The number of rotatable bonds is 4. The Bertz CT molecular complexity index is 268. The van der Waals surface area contributed by atoms with E-state index in [2.05, 4.69) is 42.5 Å². The van der Waals surface area contributed by atoms with Gasteiger partial charge >= 0.3 is 0 Å². The van der Waals surface area contributed by atoms with E-state index in [1.54, 1.807) is 11.8 Å². The molecule has 0 atom stereocenters. The summed E-state index contributed by atoms with van der Waals surface area (Å²) in [6.45, 7) is 9.53. The van der Waals surface area contributed by atoms with Gasteiger partial charge in [-0.25, -0.2) is 0 Å². The summed E-state index contributed by atoms with van der Waals surface area (Å²) in [6.07, 6.45) is 0. The Morgan fingerprint density at radius 2 is 2.00 bits per heavy atom. The van der Waals surface area contributed by atoms with E-state index in [4.69, 9.17) is 0 Å². The molecule has 13 heavy (non-hydrogen) atoms. The quantitative estimate of drug-likeness (QED) is 0.698. The van der Waals surface area contributed by atoms with Crippen LogP contribution in [0.25, 0.3) is 0 Å². The largest absolute Gasteiger partial charge is 0.306 e. The number of hydrogen-bond acceptors (Lipinski definition) is 3. The van der Waals surface area contributed by atoms with Crippen LogP contribution in [-0.4, -0.2) is 20.5 Å². The molecule has 0 bridgehead atoms. The third kappa shape index (κ3) is 2.24. The van der Waals surface area contributed by atoms with Crippen LogP contribution in [0.4, 0.5) is 0 Å². The summed E-state index contributed by atoms with van der Waals surface area (Å²) < 4.78 is 2.19. The zero-order valence-corrected chi connectivity index (χ0v) is 9.56. The van der Waals surface area contributed by atoms with Crippen molar-refractivity contribution in [2.24, 2.45) is 0 Å². The van der Waals surface area contributed by atoms with Crippen molar-refractivity contribution < 1.29 is 0 Å². The predicted octanol–water partition coefficient (Wildman–Crippen LogP) is 2.53. The molecule has 0 unspecified atom stereocenters. The van der Waals surface area contributed by atoms with E-state index in [1.807, 2.05) is 0 Å². The average Bonchev–Trinajstić information content (AvgIpc) is 2.48. The normalized spacial score (nSPS) is 11.2. The van der Waals surface area contributed by atoms with Crippen LogP contribution in [0.15, 0.2) is 5.16 Å². The monoisotopic (exact) mass is 199 g/mol. The first-order valence-corrected chi connectivity index (χ1v) is 5.75. The smallest absolute Gasteiger partial charge is 0.191 e. The van der Waals surface area contributed by atoms with Gasteiger partial charge in [0.2, 0.25) is 0 Å². The lowest BCUT2D eigenvalue weighted by Gasteiger charge is -2.08. The predicted molar refractivity (Wildman–Crippen MR) is 56.2 cm³/mol. The Morgan fingerprint density at radius 3 is 2.46 bits per heavy atom. The molecule has 4 heteroatoms. The van der Waals surface area contributed by atoms with Crippen molar-refractivity contribution >= 4 is 11.8 Å².